The smallest absolute Gasteiger partial charge is 0.508 e. The SMILES string of the molecule is Oc1ccccc1CN1CCCCN2Cc3ccccc3O[P+]3=NP=[NH+]P12=[NH+]P=N3. The summed E-state index contributed by atoms with van der Waals surface area (Å²) >= 11 is 0. The summed E-state index contributed by atoms with van der Waals surface area (Å²) in [5, 5.41) is 10.4. The predicted octanol–water partition coefficient (Wildman–Crippen LogP) is 3.59. The van der Waals surface area contributed by atoms with E-state index < -0.39 is 15.6 Å². The summed E-state index contributed by atoms with van der Waals surface area (Å²) in [6.07, 6.45) is 2.21. The third-order valence-electron chi connectivity index (χ3n) is 5.36. The highest BCUT2D eigenvalue weighted by atomic mass is 31.2. The van der Waals surface area contributed by atoms with Crippen LogP contribution in [0.2, 0.25) is 0 Å². The molecule has 2 unspecified atom stereocenters. The second kappa shape index (κ2) is 8.93. The van der Waals surface area contributed by atoms with Gasteiger partial charge in [0.2, 0.25) is 0 Å². The minimum Gasteiger partial charge on any atom is -0.508 e. The highest BCUT2D eigenvalue weighted by molar-refractivity contribution is 7.58. The van der Waals surface area contributed by atoms with Crippen molar-refractivity contribution in [1.29, 1.82) is 0 Å². The summed E-state index contributed by atoms with van der Waals surface area (Å²) in [6.45, 7) is 3.36. The minimum atomic E-state index is -2.17. The maximum Gasteiger partial charge on any atom is 0.609 e. The van der Waals surface area contributed by atoms with Gasteiger partial charge in [-0.3, -0.25) is 0 Å². The van der Waals surface area contributed by atoms with E-state index in [0.717, 1.165) is 66.4 Å². The highest BCUT2D eigenvalue weighted by Crippen LogP contribution is 2.49. The Balaban J connectivity index is 1.64. The second-order valence-electron chi connectivity index (χ2n) is 7.24. The molecule has 2 atom stereocenters. The normalized spacial score (nSPS) is 26.2. The van der Waals surface area contributed by atoms with E-state index in [2.05, 4.69) is 30.5 Å². The highest BCUT2D eigenvalue weighted by Gasteiger charge is 2.50. The lowest BCUT2D eigenvalue weighted by atomic mass is 10.2. The first-order valence-electron chi connectivity index (χ1n) is 9.83. The summed E-state index contributed by atoms with van der Waals surface area (Å²) in [5.41, 5.74) is 2.09. The van der Waals surface area contributed by atoms with Crippen molar-refractivity contribution in [2.24, 2.45) is 9.03 Å². The van der Waals surface area contributed by atoms with E-state index in [9.17, 15) is 5.11 Å². The number of rotatable bonds is 2. The van der Waals surface area contributed by atoms with Crippen molar-refractivity contribution < 1.29 is 18.7 Å². The van der Waals surface area contributed by atoms with Crippen molar-refractivity contribution in [3.05, 3.63) is 59.7 Å². The molecule has 8 nitrogen and oxygen atoms in total. The molecule has 2 aromatic rings. The molecule has 154 valence electrons. The third-order valence-corrected chi connectivity index (χ3v) is 12.9. The molecule has 1 fully saturated rings. The fourth-order valence-corrected chi connectivity index (χ4v) is 12.1. The van der Waals surface area contributed by atoms with Crippen LogP contribution in [-0.2, 0) is 13.1 Å². The fraction of sp³-hybridized carbons (Fsp3) is 0.333. The van der Waals surface area contributed by atoms with E-state index in [1.807, 2.05) is 30.3 Å². The maximum absolute atomic E-state index is 10.4. The molecule has 1 saturated heterocycles. The number of phenols is 1. The van der Waals surface area contributed by atoms with E-state index >= 15 is 0 Å². The summed E-state index contributed by atoms with van der Waals surface area (Å²) in [7, 11) is -1.88. The molecule has 6 rings (SSSR count). The molecule has 2 bridgehead atoms. The lowest BCUT2D eigenvalue weighted by molar-refractivity contribution is -0.353. The van der Waals surface area contributed by atoms with E-state index in [-0.39, 0.29) is 0 Å². The number of phenolic OH excluding ortho intramolecular Hbond substituents is 1. The molecule has 4 aliphatic heterocycles. The molecule has 3 N–H and O–H groups in total. The van der Waals surface area contributed by atoms with Crippen LogP contribution in [0, 0.1) is 0 Å². The lowest BCUT2D eigenvalue weighted by Gasteiger charge is -2.28. The van der Waals surface area contributed by atoms with Crippen LogP contribution in [0.5, 0.6) is 11.5 Å². The number of para-hydroxylation sites is 2. The Morgan fingerprint density at radius 2 is 1.97 bits per heavy atom. The van der Waals surface area contributed by atoms with Crippen LogP contribution in [0.25, 0.3) is 0 Å². The molecule has 0 amide bonds. The maximum atomic E-state index is 10.4. The van der Waals surface area contributed by atoms with Gasteiger partial charge >= 0.3 is 32.6 Å². The van der Waals surface area contributed by atoms with E-state index in [4.69, 9.17) is 13.6 Å². The second-order valence-corrected chi connectivity index (χ2v) is 13.7. The molecular formula is C18H23N6O2P4+3. The van der Waals surface area contributed by atoms with Gasteiger partial charge in [-0.1, -0.05) is 36.4 Å². The average Bonchev–Trinajstić information content (AvgIpc) is 2.90. The molecule has 0 aromatic heterocycles. The predicted molar refractivity (Wildman–Crippen MR) is 120 cm³/mol. The van der Waals surface area contributed by atoms with Crippen LogP contribution < -0.4 is 13.6 Å². The van der Waals surface area contributed by atoms with Gasteiger partial charge in [-0.25, -0.2) is 4.52 Å². The van der Waals surface area contributed by atoms with Gasteiger partial charge in [0.1, 0.15) is 5.75 Å². The number of nitrogens with one attached hydrogen (secondary N) is 2. The Kier molecular flexibility index (Phi) is 6.07. The Labute approximate surface area is 180 Å². The van der Waals surface area contributed by atoms with Gasteiger partial charge in [0, 0.05) is 37.3 Å². The van der Waals surface area contributed by atoms with E-state index in [1.54, 1.807) is 6.07 Å². The van der Waals surface area contributed by atoms with Crippen LogP contribution >= 0.6 is 32.6 Å². The zero-order valence-electron chi connectivity index (χ0n) is 16.3. The molecule has 12 heteroatoms. The fourth-order valence-electron chi connectivity index (χ4n) is 3.84. The van der Waals surface area contributed by atoms with Gasteiger partial charge in [-0.05, 0) is 25.0 Å². The van der Waals surface area contributed by atoms with Crippen molar-refractivity contribution >= 4 is 32.6 Å². The number of aromatic hydroxyl groups is 1. The molecule has 4 heterocycles. The molecule has 4 aliphatic rings. The number of nitrogens with zero attached hydrogens (tertiary/aromatic N) is 4. The minimum absolute atomic E-state index is 0.339. The van der Waals surface area contributed by atoms with Crippen molar-refractivity contribution in [1.82, 2.24) is 9.34 Å². The van der Waals surface area contributed by atoms with Crippen LogP contribution in [0.1, 0.15) is 24.0 Å². The molecule has 2 aromatic carbocycles. The number of hydrogen-bond acceptors (Lipinski definition) is 6. The lowest BCUT2D eigenvalue weighted by Crippen LogP contribution is -2.78. The Hall–Kier alpha value is -1.51. The zero-order chi connectivity index (χ0) is 20.4. The number of fused-ring (bicyclic) bond motifs is 2. The molecule has 0 aliphatic carbocycles. The van der Waals surface area contributed by atoms with Crippen molar-refractivity contribution in [2.45, 2.75) is 25.9 Å². The van der Waals surface area contributed by atoms with E-state index in [1.165, 1.54) is 0 Å². The molecule has 0 saturated carbocycles. The number of hydrogen-bond donors (Lipinski definition) is 3. The standard InChI is InChI=1S/C18H20N6O2P4/c25-17-9-3-1-7-15(17)13-23-11-5-6-12-24-14-16-8-2-4-10-18(16)26-29-19-27-21-30(23,24)22-28-20-29/h1-4,7-10H,5-6,11-14H2/p+3. The average molecular weight is 479 g/mol. The van der Waals surface area contributed by atoms with Crippen LogP contribution in [0.4, 0.5) is 0 Å². The van der Waals surface area contributed by atoms with Crippen molar-refractivity contribution in [3.63, 3.8) is 0 Å². The van der Waals surface area contributed by atoms with Crippen molar-refractivity contribution in [3.8, 4) is 11.5 Å². The van der Waals surface area contributed by atoms with Crippen LogP contribution in [0.3, 0.4) is 0 Å². The summed E-state index contributed by atoms with van der Waals surface area (Å²) in [5.74, 6) is 1.21. The first-order chi connectivity index (χ1) is 14.7. The third kappa shape index (κ3) is 4.01. The summed E-state index contributed by atoms with van der Waals surface area (Å²) in [4.78, 5) is 0. The molecule has 30 heavy (non-hydrogen) atoms. The van der Waals surface area contributed by atoms with E-state index in [0.29, 0.717) is 12.3 Å². The van der Waals surface area contributed by atoms with Gasteiger partial charge in [0.25, 0.3) is 0 Å². The van der Waals surface area contributed by atoms with Gasteiger partial charge in [0.05, 0.1) is 9.03 Å². The molecule has 0 radical (unpaired) electrons. The number of benzene rings is 2. The monoisotopic (exact) mass is 479 g/mol. The van der Waals surface area contributed by atoms with Crippen LogP contribution in [-0.4, -0.2) is 27.5 Å². The molecule has 1 spiro atoms. The van der Waals surface area contributed by atoms with Crippen molar-refractivity contribution in [2.75, 3.05) is 13.1 Å². The largest absolute Gasteiger partial charge is 0.609 e. The Morgan fingerprint density at radius 1 is 1.13 bits per heavy atom. The quantitative estimate of drug-likeness (QED) is 0.575. The Morgan fingerprint density at radius 3 is 2.90 bits per heavy atom. The van der Waals surface area contributed by atoms with Gasteiger partial charge in [-0.15, -0.1) is 9.03 Å². The van der Waals surface area contributed by atoms with Crippen LogP contribution in [0.15, 0.2) is 57.6 Å². The molecular weight excluding hydrogens is 456 g/mol. The zero-order valence-corrected chi connectivity index (χ0v) is 19.9. The van der Waals surface area contributed by atoms with Gasteiger partial charge in [-0.2, -0.15) is 9.34 Å². The summed E-state index contributed by atoms with van der Waals surface area (Å²) < 4.78 is 28.0. The van der Waals surface area contributed by atoms with Gasteiger partial charge < -0.3 is 5.11 Å². The van der Waals surface area contributed by atoms with Gasteiger partial charge in [0.15, 0.2) is 5.75 Å². The Bertz CT molecular complexity index is 1110. The summed E-state index contributed by atoms with van der Waals surface area (Å²) in [6, 6.07) is 15.8. The first-order valence-corrected chi connectivity index (χ1v) is 14.4. The first kappa shape index (κ1) is 20.4. The topological polar surface area (TPSA) is 88.6 Å².